The lowest BCUT2D eigenvalue weighted by atomic mass is 9.98. The van der Waals surface area contributed by atoms with Crippen molar-refractivity contribution >= 4 is 0 Å². The fourth-order valence-electron chi connectivity index (χ4n) is 2.36. The number of methoxy groups -OCH3 is 1. The van der Waals surface area contributed by atoms with Gasteiger partial charge < -0.3 is 10.1 Å². The van der Waals surface area contributed by atoms with Crippen LogP contribution in [0.25, 0.3) is 11.1 Å². The van der Waals surface area contributed by atoms with Gasteiger partial charge in [0.1, 0.15) is 11.6 Å². The molecule has 0 radical (unpaired) electrons. The van der Waals surface area contributed by atoms with Crippen LogP contribution in [0.4, 0.5) is 4.39 Å². The Hall–Kier alpha value is -1.87. The molecule has 1 aliphatic carbocycles. The van der Waals surface area contributed by atoms with Crippen LogP contribution >= 0.6 is 0 Å². The maximum absolute atomic E-state index is 13.6. The van der Waals surface area contributed by atoms with Gasteiger partial charge in [0, 0.05) is 18.2 Å². The first kappa shape index (κ1) is 13.1. The van der Waals surface area contributed by atoms with Gasteiger partial charge in [-0.1, -0.05) is 24.3 Å². The van der Waals surface area contributed by atoms with Crippen molar-refractivity contribution in [3.8, 4) is 16.9 Å². The Bertz CT molecular complexity index is 608. The minimum absolute atomic E-state index is 0.221. The van der Waals surface area contributed by atoms with Crippen LogP contribution in [-0.2, 0) is 6.54 Å². The van der Waals surface area contributed by atoms with Crippen LogP contribution in [0.2, 0.25) is 0 Å². The molecular weight excluding hydrogens is 253 g/mol. The minimum Gasteiger partial charge on any atom is -0.496 e. The molecule has 2 aromatic carbocycles. The third kappa shape index (κ3) is 2.83. The van der Waals surface area contributed by atoms with Crippen molar-refractivity contribution in [2.75, 3.05) is 7.11 Å². The monoisotopic (exact) mass is 271 g/mol. The second kappa shape index (κ2) is 5.63. The fraction of sp³-hybridized carbons (Fsp3) is 0.294. The molecule has 1 N–H and O–H groups in total. The Labute approximate surface area is 118 Å². The molecule has 2 aromatic rings. The molecule has 0 heterocycles. The van der Waals surface area contributed by atoms with E-state index in [2.05, 4.69) is 5.32 Å². The molecule has 3 heteroatoms. The highest BCUT2D eigenvalue weighted by Gasteiger charge is 2.21. The number of ether oxygens (including phenoxy) is 1. The first-order chi connectivity index (χ1) is 9.78. The smallest absolute Gasteiger partial charge is 0.126 e. The first-order valence-corrected chi connectivity index (χ1v) is 6.93. The van der Waals surface area contributed by atoms with E-state index < -0.39 is 0 Å². The average molecular weight is 271 g/mol. The first-order valence-electron chi connectivity index (χ1n) is 6.93. The molecule has 0 aliphatic heterocycles. The van der Waals surface area contributed by atoms with Crippen molar-refractivity contribution in [1.82, 2.24) is 5.32 Å². The number of nitrogens with one attached hydrogen (secondary N) is 1. The molecule has 1 aliphatic rings. The Kier molecular flexibility index (Phi) is 3.70. The van der Waals surface area contributed by atoms with Gasteiger partial charge >= 0.3 is 0 Å². The van der Waals surface area contributed by atoms with E-state index in [9.17, 15) is 4.39 Å². The summed E-state index contributed by atoms with van der Waals surface area (Å²) in [6, 6.07) is 13.3. The van der Waals surface area contributed by atoms with E-state index in [4.69, 9.17) is 4.74 Å². The van der Waals surface area contributed by atoms with E-state index in [0.717, 1.165) is 29.0 Å². The molecule has 0 amide bonds. The number of benzene rings is 2. The molecule has 0 spiro atoms. The molecular formula is C17H18FNO. The molecule has 0 atom stereocenters. The van der Waals surface area contributed by atoms with Gasteiger partial charge in [0.05, 0.1) is 7.11 Å². The molecule has 0 aromatic heterocycles. The number of rotatable bonds is 5. The lowest BCUT2D eigenvalue weighted by Gasteiger charge is -2.14. The number of para-hydroxylation sites is 1. The zero-order valence-electron chi connectivity index (χ0n) is 11.5. The standard InChI is InChI=1S/C17H18FNO/c1-20-17-5-3-2-4-15(17)16-10-13(18)7-6-12(16)11-19-14-8-9-14/h2-7,10,14,19H,8-9,11H2,1H3. The summed E-state index contributed by atoms with van der Waals surface area (Å²) in [5.74, 6) is 0.548. The molecule has 1 fully saturated rings. The predicted molar refractivity (Wildman–Crippen MR) is 78.2 cm³/mol. The second-order valence-corrected chi connectivity index (χ2v) is 5.16. The quantitative estimate of drug-likeness (QED) is 0.894. The molecule has 3 rings (SSSR count). The van der Waals surface area contributed by atoms with Crippen LogP contribution in [0.3, 0.4) is 0 Å². The molecule has 2 nitrogen and oxygen atoms in total. The zero-order chi connectivity index (χ0) is 13.9. The van der Waals surface area contributed by atoms with Crippen LogP contribution in [-0.4, -0.2) is 13.2 Å². The molecule has 104 valence electrons. The largest absolute Gasteiger partial charge is 0.496 e. The minimum atomic E-state index is -0.221. The summed E-state index contributed by atoms with van der Waals surface area (Å²) < 4.78 is 19.0. The van der Waals surface area contributed by atoms with Crippen LogP contribution < -0.4 is 10.1 Å². The van der Waals surface area contributed by atoms with Crippen LogP contribution in [0.5, 0.6) is 5.75 Å². The van der Waals surface area contributed by atoms with Crippen molar-refractivity contribution in [2.45, 2.75) is 25.4 Å². The van der Waals surface area contributed by atoms with Gasteiger partial charge in [-0.25, -0.2) is 4.39 Å². The van der Waals surface area contributed by atoms with Gasteiger partial charge in [-0.2, -0.15) is 0 Å². The van der Waals surface area contributed by atoms with Gasteiger partial charge in [-0.3, -0.25) is 0 Å². The third-order valence-electron chi connectivity index (χ3n) is 3.63. The lowest BCUT2D eigenvalue weighted by molar-refractivity contribution is 0.416. The summed E-state index contributed by atoms with van der Waals surface area (Å²) in [4.78, 5) is 0. The molecule has 20 heavy (non-hydrogen) atoms. The second-order valence-electron chi connectivity index (χ2n) is 5.16. The normalized spacial score (nSPS) is 14.3. The van der Waals surface area contributed by atoms with Crippen LogP contribution in [0, 0.1) is 5.82 Å². The molecule has 0 unspecified atom stereocenters. The Balaban J connectivity index is 1.98. The zero-order valence-corrected chi connectivity index (χ0v) is 11.5. The van der Waals surface area contributed by atoms with E-state index in [0.29, 0.717) is 6.04 Å². The van der Waals surface area contributed by atoms with Gasteiger partial charge in [-0.15, -0.1) is 0 Å². The Morgan fingerprint density at radius 2 is 1.95 bits per heavy atom. The summed E-state index contributed by atoms with van der Waals surface area (Å²) in [6.07, 6.45) is 2.48. The molecule has 1 saturated carbocycles. The summed E-state index contributed by atoms with van der Waals surface area (Å²) in [6.45, 7) is 0.762. The van der Waals surface area contributed by atoms with E-state index in [1.54, 1.807) is 13.2 Å². The Morgan fingerprint density at radius 3 is 2.70 bits per heavy atom. The van der Waals surface area contributed by atoms with Gasteiger partial charge in [-0.05, 0) is 42.2 Å². The molecule has 0 bridgehead atoms. The highest BCUT2D eigenvalue weighted by Crippen LogP contribution is 2.33. The summed E-state index contributed by atoms with van der Waals surface area (Å²) >= 11 is 0. The highest BCUT2D eigenvalue weighted by molar-refractivity contribution is 5.73. The van der Waals surface area contributed by atoms with Crippen LogP contribution in [0.15, 0.2) is 42.5 Å². The van der Waals surface area contributed by atoms with Gasteiger partial charge in [0.2, 0.25) is 0 Å². The van der Waals surface area contributed by atoms with Gasteiger partial charge in [0.15, 0.2) is 0 Å². The van der Waals surface area contributed by atoms with E-state index >= 15 is 0 Å². The summed E-state index contributed by atoms with van der Waals surface area (Å²) in [7, 11) is 1.64. The summed E-state index contributed by atoms with van der Waals surface area (Å²) in [5.41, 5.74) is 2.93. The van der Waals surface area contributed by atoms with E-state index in [1.165, 1.54) is 18.9 Å². The Morgan fingerprint density at radius 1 is 1.15 bits per heavy atom. The third-order valence-corrected chi connectivity index (χ3v) is 3.63. The van der Waals surface area contributed by atoms with Gasteiger partial charge in [0.25, 0.3) is 0 Å². The fourth-order valence-corrected chi connectivity index (χ4v) is 2.36. The van der Waals surface area contributed by atoms with E-state index in [1.807, 2.05) is 30.3 Å². The van der Waals surface area contributed by atoms with Crippen molar-refractivity contribution < 1.29 is 9.13 Å². The van der Waals surface area contributed by atoms with Crippen molar-refractivity contribution in [3.05, 3.63) is 53.8 Å². The number of hydrogen-bond donors (Lipinski definition) is 1. The van der Waals surface area contributed by atoms with Crippen LogP contribution in [0.1, 0.15) is 18.4 Å². The number of halogens is 1. The van der Waals surface area contributed by atoms with Crippen molar-refractivity contribution in [1.29, 1.82) is 0 Å². The highest BCUT2D eigenvalue weighted by atomic mass is 19.1. The lowest BCUT2D eigenvalue weighted by Crippen LogP contribution is -2.16. The number of hydrogen-bond acceptors (Lipinski definition) is 2. The maximum atomic E-state index is 13.6. The van der Waals surface area contributed by atoms with Crippen molar-refractivity contribution in [3.63, 3.8) is 0 Å². The predicted octanol–water partition coefficient (Wildman–Crippen LogP) is 3.75. The van der Waals surface area contributed by atoms with E-state index in [-0.39, 0.29) is 5.82 Å². The maximum Gasteiger partial charge on any atom is 0.126 e. The summed E-state index contributed by atoms with van der Waals surface area (Å²) in [5, 5.41) is 3.48. The van der Waals surface area contributed by atoms with Crippen molar-refractivity contribution in [2.24, 2.45) is 0 Å². The molecule has 0 saturated heterocycles. The topological polar surface area (TPSA) is 21.3 Å². The average Bonchev–Trinajstić information content (AvgIpc) is 3.30. The SMILES string of the molecule is COc1ccccc1-c1cc(F)ccc1CNC1CC1.